The molecule has 0 heterocycles. The molecule has 1 rings (SSSR count). The molecule has 0 atom stereocenters. The summed E-state index contributed by atoms with van der Waals surface area (Å²) < 4.78 is 28.0. The lowest BCUT2D eigenvalue weighted by atomic mass is 10.3. The fraction of sp³-hybridized carbons (Fsp3) is 0.333. The molecule has 1 aromatic rings. The molecule has 0 unspecified atom stereocenters. The number of methoxy groups -OCH3 is 1. The molecule has 0 saturated carbocycles. The van der Waals surface area contributed by atoms with Crippen LogP contribution in [0.1, 0.15) is 0 Å². The Labute approximate surface area is 83.6 Å². The minimum absolute atomic E-state index is 0.0439. The standard InChI is InChI=1S/C9H13NO3S/c1-13-6-7-14(11,12)9-5-3-2-4-8(9)10/h2-5H,6-7,10H2,1H3. The van der Waals surface area contributed by atoms with E-state index < -0.39 is 9.84 Å². The van der Waals surface area contributed by atoms with Crippen molar-refractivity contribution in [3.63, 3.8) is 0 Å². The topological polar surface area (TPSA) is 69.4 Å². The number of benzene rings is 1. The highest BCUT2D eigenvalue weighted by Crippen LogP contribution is 2.18. The van der Waals surface area contributed by atoms with Crippen LogP contribution >= 0.6 is 0 Å². The molecular weight excluding hydrogens is 202 g/mol. The molecule has 0 amide bonds. The fourth-order valence-corrected chi connectivity index (χ4v) is 2.39. The van der Waals surface area contributed by atoms with Crippen molar-refractivity contribution in [2.75, 3.05) is 25.2 Å². The molecule has 0 radical (unpaired) electrons. The van der Waals surface area contributed by atoms with Gasteiger partial charge < -0.3 is 10.5 Å². The summed E-state index contributed by atoms with van der Waals surface area (Å²) in [6.07, 6.45) is 0. The van der Waals surface area contributed by atoms with Gasteiger partial charge in [0.25, 0.3) is 0 Å². The van der Waals surface area contributed by atoms with Crippen LogP contribution < -0.4 is 5.73 Å². The number of hydrogen-bond donors (Lipinski definition) is 1. The second-order valence-electron chi connectivity index (χ2n) is 2.85. The van der Waals surface area contributed by atoms with Crippen molar-refractivity contribution in [1.82, 2.24) is 0 Å². The number of anilines is 1. The smallest absolute Gasteiger partial charge is 0.182 e. The van der Waals surface area contributed by atoms with Crippen LogP contribution in [-0.2, 0) is 14.6 Å². The average molecular weight is 215 g/mol. The van der Waals surface area contributed by atoms with Crippen molar-refractivity contribution in [2.24, 2.45) is 0 Å². The van der Waals surface area contributed by atoms with Gasteiger partial charge in [-0.05, 0) is 12.1 Å². The van der Waals surface area contributed by atoms with E-state index in [4.69, 9.17) is 10.5 Å². The van der Waals surface area contributed by atoms with Crippen LogP contribution in [0.2, 0.25) is 0 Å². The normalized spacial score (nSPS) is 11.5. The zero-order valence-corrected chi connectivity index (χ0v) is 8.75. The molecule has 0 saturated heterocycles. The van der Waals surface area contributed by atoms with E-state index >= 15 is 0 Å². The number of para-hydroxylation sites is 1. The highest BCUT2D eigenvalue weighted by molar-refractivity contribution is 7.91. The third-order valence-corrected chi connectivity index (χ3v) is 3.56. The lowest BCUT2D eigenvalue weighted by Crippen LogP contribution is -2.13. The van der Waals surface area contributed by atoms with Gasteiger partial charge in [0.2, 0.25) is 0 Å². The van der Waals surface area contributed by atoms with Gasteiger partial charge in [-0.2, -0.15) is 0 Å². The van der Waals surface area contributed by atoms with Gasteiger partial charge in [0.1, 0.15) is 0 Å². The number of ether oxygens (including phenoxy) is 1. The van der Waals surface area contributed by atoms with E-state index in [2.05, 4.69) is 0 Å². The van der Waals surface area contributed by atoms with Crippen LogP contribution in [-0.4, -0.2) is 27.9 Å². The molecule has 0 aromatic heterocycles. The molecule has 5 heteroatoms. The molecule has 0 aliphatic heterocycles. The Kier molecular flexibility index (Phi) is 3.49. The predicted octanol–water partition coefficient (Wildman–Crippen LogP) is 0.689. The van der Waals surface area contributed by atoms with E-state index in [1.807, 2.05) is 0 Å². The van der Waals surface area contributed by atoms with Gasteiger partial charge in [0.05, 0.1) is 22.9 Å². The molecule has 0 spiro atoms. The molecule has 14 heavy (non-hydrogen) atoms. The van der Waals surface area contributed by atoms with E-state index in [-0.39, 0.29) is 22.9 Å². The van der Waals surface area contributed by atoms with Gasteiger partial charge in [0, 0.05) is 7.11 Å². The van der Waals surface area contributed by atoms with Crippen molar-refractivity contribution in [3.05, 3.63) is 24.3 Å². The van der Waals surface area contributed by atoms with Gasteiger partial charge >= 0.3 is 0 Å². The van der Waals surface area contributed by atoms with Crippen LogP contribution in [0.15, 0.2) is 29.2 Å². The van der Waals surface area contributed by atoms with Crippen molar-refractivity contribution in [2.45, 2.75) is 4.90 Å². The minimum atomic E-state index is -3.30. The highest BCUT2D eigenvalue weighted by atomic mass is 32.2. The summed E-state index contributed by atoms with van der Waals surface area (Å²) in [5.41, 5.74) is 5.84. The monoisotopic (exact) mass is 215 g/mol. The molecule has 78 valence electrons. The van der Waals surface area contributed by atoms with Crippen molar-refractivity contribution in [1.29, 1.82) is 0 Å². The van der Waals surface area contributed by atoms with Crippen LogP contribution in [0.5, 0.6) is 0 Å². The van der Waals surface area contributed by atoms with E-state index in [1.165, 1.54) is 13.2 Å². The first-order valence-electron chi connectivity index (χ1n) is 4.14. The average Bonchev–Trinajstić information content (AvgIpc) is 2.15. The van der Waals surface area contributed by atoms with Gasteiger partial charge in [-0.15, -0.1) is 0 Å². The first-order valence-corrected chi connectivity index (χ1v) is 5.79. The SMILES string of the molecule is COCCS(=O)(=O)c1ccccc1N. The quantitative estimate of drug-likeness (QED) is 0.750. The Hall–Kier alpha value is -1.07. The van der Waals surface area contributed by atoms with E-state index in [0.29, 0.717) is 0 Å². The summed E-state index contributed by atoms with van der Waals surface area (Å²) >= 11 is 0. The summed E-state index contributed by atoms with van der Waals surface area (Å²) in [6.45, 7) is 0.177. The third-order valence-electron chi connectivity index (χ3n) is 1.81. The second kappa shape index (κ2) is 4.43. The zero-order valence-electron chi connectivity index (χ0n) is 7.93. The number of hydrogen-bond acceptors (Lipinski definition) is 4. The minimum Gasteiger partial charge on any atom is -0.398 e. The maximum Gasteiger partial charge on any atom is 0.182 e. The molecule has 0 bridgehead atoms. The summed E-state index contributed by atoms with van der Waals surface area (Å²) in [5, 5.41) is 0. The first-order chi connectivity index (χ1) is 6.58. The van der Waals surface area contributed by atoms with Crippen molar-refractivity contribution in [3.8, 4) is 0 Å². The van der Waals surface area contributed by atoms with E-state index in [0.717, 1.165) is 0 Å². The lowest BCUT2D eigenvalue weighted by Gasteiger charge is -2.05. The first kappa shape index (κ1) is 11.0. The van der Waals surface area contributed by atoms with Gasteiger partial charge in [-0.3, -0.25) is 0 Å². The Morgan fingerprint density at radius 3 is 2.57 bits per heavy atom. The van der Waals surface area contributed by atoms with Crippen LogP contribution in [0.4, 0.5) is 5.69 Å². The highest BCUT2D eigenvalue weighted by Gasteiger charge is 2.16. The largest absolute Gasteiger partial charge is 0.398 e. The van der Waals surface area contributed by atoms with Gasteiger partial charge in [-0.1, -0.05) is 12.1 Å². The summed E-state index contributed by atoms with van der Waals surface area (Å²) in [5.74, 6) is -0.0439. The Morgan fingerprint density at radius 1 is 1.36 bits per heavy atom. The number of sulfone groups is 1. The Bertz CT molecular complexity index is 400. The Balaban J connectivity index is 2.99. The fourth-order valence-electron chi connectivity index (χ4n) is 1.07. The van der Waals surface area contributed by atoms with Crippen molar-refractivity contribution < 1.29 is 13.2 Å². The van der Waals surface area contributed by atoms with Gasteiger partial charge in [0.15, 0.2) is 9.84 Å². The van der Waals surface area contributed by atoms with Crippen LogP contribution in [0.25, 0.3) is 0 Å². The zero-order chi connectivity index (χ0) is 10.6. The molecule has 1 aromatic carbocycles. The Morgan fingerprint density at radius 2 is 2.00 bits per heavy atom. The van der Waals surface area contributed by atoms with E-state index in [9.17, 15) is 8.42 Å². The second-order valence-corrected chi connectivity index (χ2v) is 4.93. The number of nitrogens with two attached hydrogens (primary N) is 1. The predicted molar refractivity (Wildman–Crippen MR) is 54.8 cm³/mol. The molecular formula is C9H13NO3S. The molecule has 0 aliphatic rings. The number of rotatable bonds is 4. The molecule has 2 N–H and O–H groups in total. The maximum absolute atomic E-state index is 11.7. The van der Waals surface area contributed by atoms with Crippen LogP contribution in [0.3, 0.4) is 0 Å². The molecule has 0 fully saturated rings. The summed E-state index contributed by atoms with van der Waals surface area (Å²) in [6, 6.07) is 6.42. The van der Waals surface area contributed by atoms with Crippen LogP contribution in [0, 0.1) is 0 Å². The number of nitrogen functional groups attached to an aromatic ring is 1. The third kappa shape index (κ3) is 2.46. The van der Waals surface area contributed by atoms with E-state index in [1.54, 1.807) is 18.2 Å². The lowest BCUT2D eigenvalue weighted by molar-refractivity contribution is 0.217. The molecule has 0 aliphatic carbocycles. The summed E-state index contributed by atoms with van der Waals surface area (Å²) in [7, 11) is -1.84. The van der Waals surface area contributed by atoms with Crippen molar-refractivity contribution >= 4 is 15.5 Å². The van der Waals surface area contributed by atoms with Gasteiger partial charge in [-0.25, -0.2) is 8.42 Å². The molecule has 4 nitrogen and oxygen atoms in total. The maximum atomic E-state index is 11.7. The summed E-state index contributed by atoms with van der Waals surface area (Å²) in [4.78, 5) is 0.178.